The molecule has 0 aromatic heterocycles. The van der Waals surface area contributed by atoms with Gasteiger partial charge >= 0.3 is 5.97 Å². The van der Waals surface area contributed by atoms with Crippen LogP contribution in [0.2, 0.25) is 5.02 Å². The van der Waals surface area contributed by atoms with Crippen LogP contribution in [0.25, 0.3) is 0 Å². The maximum Gasteiger partial charge on any atom is 0.341 e. The summed E-state index contributed by atoms with van der Waals surface area (Å²) in [4.78, 5) is 11.9. The number of hydrogen-bond acceptors (Lipinski definition) is 5. The zero-order valence-electron chi connectivity index (χ0n) is 11.8. The Morgan fingerprint density at radius 2 is 2.00 bits per heavy atom. The Morgan fingerprint density at radius 1 is 1.25 bits per heavy atom. The average Bonchev–Trinajstić information content (AvgIpc) is 2.43. The first kappa shape index (κ1) is 16.6. The summed E-state index contributed by atoms with van der Waals surface area (Å²) in [7, 11) is 0. The number of nitrogens with two attached hydrogens (primary N) is 1. The number of hydrogen-bond donors (Lipinski definition) is 1. The summed E-state index contributed by atoms with van der Waals surface area (Å²) in [6.07, 6.45) is 0.730. The summed E-state index contributed by atoms with van der Waals surface area (Å²) < 4.78 is 15.7. The Bertz CT molecular complexity index is 451. The molecule has 20 heavy (non-hydrogen) atoms. The molecule has 0 aliphatic heterocycles. The normalized spacial score (nSPS) is 10.3. The third-order valence-corrected chi connectivity index (χ3v) is 2.80. The molecule has 5 nitrogen and oxygen atoms in total. The van der Waals surface area contributed by atoms with Crippen molar-refractivity contribution in [2.24, 2.45) is 0 Å². The molecule has 0 aliphatic rings. The molecular weight excluding hydrogens is 282 g/mol. The molecule has 0 spiro atoms. The van der Waals surface area contributed by atoms with Gasteiger partial charge in [0.25, 0.3) is 0 Å². The number of halogens is 1. The van der Waals surface area contributed by atoms with Crippen LogP contribution in [0.15, 0.2) is 12.1 Å². The van der Waals surface area contributed by atoms with E-state index in [1.807, 2.05) is 13.8 Å². The Labute approximate surface area is 123 Å². The van der Waals surface area contributed by atoms with E-state index in [-0.39, 0.29) is 16.3 Å². The Kier molecular flexibility index (Phi) is 7.18. The fourth-order valence-electron chi connectivity index (χ4n) is 1.53. The lowest BCUT2D eigenvalue weighted by Gasteiger charge is -2.13. The summed E-state index contributed by atoms with van der Waals surface area (Å²) >= 11 is 6.00. The van der Waals surface area contributed by atoms with Gasteiger partial charge in [0.2, 0.25) is 0 Å². The monoisotopic (exact) mass is 301 g/mol. The number of rotatable bonds is 8. The quantitative estimate of drug-likeness (QED) is 0.454. The molecule has 0 aliphatic carbocycles. The zero-order chi connectivity index (χ0) is 15.0. The van der Waals surface area contributed by atoms with Crippen molar-refractivity contribution in [3.63, 3.8) is 0 Å². The Morgan fingerprint density at radius 3 is 2.65 bits per heavy atom. The first-order chi connectivity index (χ1) is 9.61. The highest BCUT2D eigenvalue weighted by atomic mass is 35.5. The van der Waals surface area contributed by atoms with Gasteiger partial charge in [-0.3, -0.25) is 0 Å². The van der Waals surface area contributed by atoms with E-state index < -0.39 is 5.97 Å². The van der Waals surface area contributed by atoms with Gasteiger partial charge < -0.3 is 19.9 Å². The molecule has 6 heteroatoms. The molecule has 1 aromatic carbocycles. The van der Waals surface area contributed by atoms with Crippen LogP contribution >= 0.6 is 11.6 Å². The number of ether oxygens (including phenoxy) is 3. The zero-order valence-corrected chi connectivity index (χ0v) is 12.5. The van der Waals surface area contributed by atoms with Gasteiger partial charge in [-0.15, -0.1) is 0 Å². The van der Waals surface area contributed by atoms with E-state index in [1.54, 1.807) is 12.1 Å². The average molecular weight is 302 g/mol. The molecule has 0 saturated heterocycles. The van der Waals surface area contributed by atoms with Crippen LogP contribution in [-0.4, -0.2) is 32.4 Å². The van der Waals surface area contributed by atoms with Crippen LogP contribution in [0.3, 0.4) is 0 Å². The summed E-state index contributed by atoms with van der Waals surface area (Å²) in [5.74, 6) is -0.137. The summed E-state index contributed by atoms with van der Waals surface area (Å²) in [5.41, 5.74) is 6.26. The highest BCUT2D eigenvalue weighted by Crippen LogP contribution is 2.32. The van der Waals surface area contributed by atoms with Crippen molar-refractivity contribution >= 4 is 23.3 Å². The third-order valence-electron chi connectivity index (χ3n) is 2.49. The second-order valence-corrected chi connectivity index (χ2v) is 4.42. The number of esters is 1. The SMILES string of the molecule is CCCOC(=O)c1c(Cl)ccc(OCCOCC)c1N. The highest BCUT2D eigenvalue weighted by molar-refractivity contribution is 6.34. The van der Waals surface area contributed by atoms with Gasteiger partial charge in [-0.2, -0.15) is 0 Å². The van der Waals surface area contributed by atoms with E-state index in [9.17, 15) is 4.79 Å². The van der Waals surface area contributed by atoms with Crippen LogP contribution in [-0.2, 0) is 9.47 Å². The van der Waals surface area contributed by atoms with Crippen LogP contribution in [0.1, 0.15) is 30.6 Å². The van der Waals surface area contributed by atoms with Gasteiger partial charge in [-0.05, 0) is 25.5 Å². The van der Waals surface area contributed by atoms with Gasteiger partial charge in [-0.25, -0.2) is 4.79 Å². The van der Waals surface area contributed by atoms with Gasteiger partial charge in [0.05, 0.1) is 23.9 Å². The third kappa shape index (κ3) is 4.58. The minimum absolute atomic E-state index is 0.147. The van der Waals surface area contributed by atoms with Gasteiger partial charge in [0, 0.05) is 6.61 Å². The molecule has 0 saturated carbocycles. The van der Waals surface area contributed by atoms with Crippen molar-refractivity contribution in [1.29, 1.82) is 0 Å². The molecule has 0 fully saturated rings. The van der Waals surface area contributed by atoms with E-state index in [0.29, 0.717) is 32.2 Å². The Hall–Kier alpha value is -1.46. The van der Waals surface area contributed by atoms with E-state index in [2.05, 4.69) is 0 Å². The molecule has 2 N–H and O–H groups in total. The number of carbonyl (C=O) groups is 1. The van der Waals surface area contributed by atoms with Crippen molar-refractivity contribution in [1.82, 2.24) is 0 Å². The van der Waals surface area contributed by atoms with Gasteiger partial charge in [0.15, 0.2) is 0 Å². The maximum atomic E-state index is 11.9. The second kappa shape index (κ2) is 8.66. The minimum atomic E-state index is -0.537. The highest BCUT2D eigenvalue weighted by Gasteiger charge is 2.19. The predicted octanol–water partition coefficient (Wildman–Crippen LogP) is 2.90. The van der Waals surface area contributed by atoms with Crippen LogP contribution in [0.5, 0.6) is 5.75 Å². The summed E-state index contributed by atoms with van der Waals surface area (Å²) in [6.45, 7) is 5.55. The molecule has 1 rings (SSSR count). The largest absolute Gasteiger partial charge is 0.489 e. The van der Waals surface area contributed by atoms with E-state index >= 15 is 0 Å². The van der Waals surface area contributed by atoms with Crippen LogP contribution in [0, 0.1) is 0 Å². The molecule has 0 atom stereocenters. The predicted molar refractivity (Wildman–Crippen MR) is 78.4 cm³/mol. The molecule has 1 aromatic rings. The van der Waals surface area contributed by atoms with E-state index in [1.165, 1.54) is 0 Å². The second-order valence-electron chi connectivity index (χ2n) is 4.02. The maximum absolute atomic E-state index is 11.9. The smallest absolute Gasteiger partial charge is 0.341 e. The van der Waals surface area contributed by atoms with Crippen molar-refractivity contribution in [3.05, 3.63) is 22.7 Å². The van der Waals surface area contributed by atoms with Crippen molar-refractivity contribution < 1.29 is 19.0 Å². The number of carbonyl (C=O) groups excluding carboxylic acids is 1. The Balaban J connectivity index is 2.81. The van der Waals surface area contributed by atoms with Gasteiger partial charge in [0.1, 0.15) is 17.9 Å². The molecule has 0 radical (unpaired) electrons. The van der Waals surface area contributed by atoms with Gasteiger partial charge in [-0.1, -0.05) is 18.5 Å². The summed E-state index contributed by atoms with van der Waals surface area (Å²) in [6, 6.07) is 3.19. The minimum Gasteiger partial charge on any atom is -0.489 e. The summed E-state index contributed by atoms with van der Waals surface area (Å²) in [5, 5.41) is 0.251. The fraction of sp³-hybridized carbons (Fsp3) is 0.500. The van der Waals surface area contributed by atoms with Crippen LogP contribution in [0.4, 0.5) is 5.69 Å². The molecule has 0 amide bonds. The lowest BCUT2D eigenvalue weighted by Crippen LogP contribution is -2.12. The molecule has 112 valence electrons. The first-order valence-electron chi connectivity index (χ1n) is 6.57. The standard InChI is InChI=1S/C14H20ClNO4/c1-3-7-20-14(17)12-10(15)5-6-11(13(12)16)19-9-8-18-4-2/h5-6H,3-4,7-9,16H2,1-2H3. The lowest BCUT2D eigenvalue weighted by molar-refractivity contribution is 0.0506. The fourth-order valence-corrected chi connectivity index (χ4v) is 1.77. The van der Waals surface area contributed by atoms with Crippen molar-refractivity contribution in [2.45, 2.75) is 20.3 Å². The molecular formula is C14H20ClNO4. The number of benzene rings is 1. The van der Waals surface area contributed by atoms with Crippen molar-refractivity contribution in [2.75, 3.05) is 32.2 Å². The number of nitrogen functional groups attached to an aromatic ring is 1. The first-order valence-corrected chi connectivity index (χ1v) is 6.95. The molecule has 0 unspecified atom stereocenters. The van der Waals surface area contributed by atoms with E-state index in [4.69, 9.17) is 31.5 Å². The molecule has 0 bridgehead atoms. The number of anilines is 1. The molecule has 0 heterocycles. The van der Waals surface area contributed by atoms with Crippen molar-refractivity contribution in [3.8, 4) is 5.75 Å². The lowest BCUT2D eigenvalue weighted by atomic mass is 10.1. The van der Waals surface area contributed by atoms with Crippen LogP contribution < -0.4 is 10.5 Å². The topological polar surface area (TPSA) is 70.8 Å². The van der Waals surface area contributed by atoms with E-state index in [0.717, 1.165) is 6.42 Å².